The van der Waals surface area contributed by atoms with Crippen molar-refractivity contribution in [3.05, 3.63) is 29.0 Å². The van der Waals surface area contributed by atoms with E-state index in [1.807, 2.05) is 0 Å². The van der Waals surface area contributed by atoms with Crippen LogP contribution in [-0.2, 0) is 0 Å². The lowest BCUT2D eigenvalue weighted by Gasteiger charge is -2.27. The summed E-state index contributed by atoms with van der Waals surface area (Å²) in [5, 5.41) is 0.126. The molecule has 88 valence electrons. The van der Waals surface area contributed by atoms with Crippen molar-refractivity contribution in [2.45, 2.75) is 38.7 Å². The zero-order chi connectivity index (χ0) is 11.5. The second-order valence-corrected chi connectivity index (χ2v) is 4.99. The minimum atomic E-state index is -0.397. The van der Waals surface area contributed by atoms with Crippen molar-refractivity contribution in [3.8, 4) is 5.75 Å². The molecular formula is C13H16ClFO. The topological polar surface area (TPSA) is 9.23 Å². The van der Waals surface area contributed by atoms with Gasteiger partial charge in [0.1, 0.15) is 11.6 Å². The quantitative estimate of drug-likeness (QED) is 0.745. The van der Waals surface area contributed by atoms with Crippen molar-refractivity contribution in [2.75, 3.05) is 0 Å². The van der Waals surface area contributed by atoms with Crippen molar-refractivity contribution < 1.29 is 9.13 Å². The summed E-state index contributed by atoms with van der Waals surface area (Å²) in [6, 6.07) is 4.54. The van der Waals surface area contributed by atoms with Crippen molar-refractivity contribution in [1.82, 2.24) is 0 Å². The van der Waals surface area contributed by atoms with Crippen LogP contribution in [0, 0.1) is 11.7 Å². The van der Waals surface area contributed by atoms with Gasteiger partial charge in [0.2, 0.25) is 0 Å². The maximum atomic E-state index is 13.0. The first-order valence-electron chi connectivity index (χ1n) is 5.77. The molecule has 1 fully saturated rings. The molecule has 0 aliphatic heterocycles. The predicted molar refractivity (Wildman–Crippen MR) is 63.5 cm³/mol. The molecule has 1 aliphatic carbocycles. The second-order valence-electron chi connectivity index (χ2n) is 4.59. The monoisotopic (exact) mass is 242 g/mol. The number of rotatable bonds is 2. The minimum Gasteiger partial charge on any atom is -0.490 e. The normalized spacial score (nSPS) is 25.4. The van der Waals surface area contributed by atoms with Gasteiger partial charge >= 0.3 is 0 Å². The van der Waals surface area contributed by atoms with Gasteiger partial charge in [-0.3, -0.25) is 0 Å². The third kappa shape index (κ3) is 2.88. The van der Waals surface area contributed by atoms with Gasteiger partial charge in [-0.2, -0.15) is 0 Å². The molecule has 0 bridgehead atoms. The fourth-order valence-corrected chi connectivity index (χ4v) is 2.40. The van der Waals surface area contributed by atoms with Crippen LogP contribution >= 0.6 is 11.6 Å². The van der Waals surface area contributed by atoms with Gasteiger partial charge in [0.05, 0.1) is 11.1 Å². The molecule has 0 N–H and O–H groups in total. The predicted octanol–water partition coefficient (Wildman–Crippen LogP) is 4.44. The fraction of sp³-hybridized carbons (Fsp3) is 0.538. The van der Waals surface area contributed by atoms with Crippen LogP contribution in [0.15, 0.2) is 18.2 Å². The Bertz CT molecular complexity index is 367. The average molecular weight is 243 g/mol. The summed E-state index contributed by atoms with van der Waals surface area (Å²) in [7, 11) is 0. The Morgan fingerprint density at radius 2 is 2.19 bits per heavy atom. The number of hydrogen-bond acceptors (Lipinski definition) is 1. The van der Waals surface area contributed by atoms with E-state index in [-0.39, 0.29) is 11.1 Å². The molecule has 1 saturated carbocycles. The van der Waals surface area contributed by atoms with Crippen LogP contribution in [0.5, 0.6) is 5.75 Å². The lowest BCUT2D eigenvalue weighted by Crippen LogP contribution is -2.24. The van der Waals surface area contributed by atoms with Gasteiger partial charge in [-0.25, -0.2) is 4.39 Å². The number of hydrogen-bond donors (Lipinski definition) is 0. The SMILES string of the molecule is CC1CCCC(Oc2ccc(F)c(Cl)c2)C1. The first kappa shape index (κ1) is 11.7. The van der Waals surface area contributed by atoms with Crippen molar-refractivity contribution in [2.24, 2.45) is 5.92 Å². The first-order chi connectivity index (χ1) is 7.65. The molecule has 0 aromatic heterocycles. The average Bonchev–Trinajstić information content (AvgIpc) is 2.24. The Morgan fingerprint density at radius 1 is 1.38 bits per heavy atom. The Balaban J connectivity index is 2.00. The summed E-state index contributed by atoms with van der Waals surface area (Å²) in [6.45, 7) is 2.24. The third-order valence-electron chi connectivity index (χ3n) is 3.08. The Kier molecular flexibility index (Phi) is 3.70. The molecule has 0 amide bonds. The highest BCUT2D eigenvalue weighted by Gasteiger charge is 2.20. The highest BCUT2D eigenvalue weighted by molar-refractivity contribution is 6.30. The number of benzene rings is 1. The third-order valence-corrected chi connectivity index (χ3v) is 3.37. The van der Waals surface area contributed by atoms with Crippen molar-refractivity contribution >= 4 is 11.6 Å². The first-order valence-corrected chi connectivity index (χ1v) is 6.14. The standard InChI is InChI=1S/C13H16ClFO/c1-9-3-2-4-10(7-9)16-11-5-6-13(15)12(14)8-11/h5-6,8-10H,2-4,7H2,1H3. The van der Waals surface area contributed by atoms with Gasteiger partial charge in [-0.15, -0.1) is 0 Å². The van der Waals surface area contributed by atoms with Gasteiger partial charge in [-0.1, -0.05) is 24.9 Å². The Labute approximate surface area is 101 Å². The van der Waals surface area contributed by atoms with Crippen molar-refractivity contribution in [1.29, 1.82) is 0 Å². The molecule has 1 aromatic rings. The van der Waals surface area contributed by atoms with E-state index in [1.165, 1.54) is 18.9 Å². The zero-order valence-electron chi connectivity index (χ0n) is 9.38. The van der Waals surface area contributed by atoms with Gasteiger partial charge in [-0.05, 0) is 37.3 Å². The molecule has 2 rings (SSSR count). The Hall–Kier alpha value is -0.760. The maximum Gasteiger partial charge on any atom is 0.142 e. The van der Waals surface area contributed by atoms with E-state index < -0.39 is 5.82 Å². The summed E-state index contributed by atoms with van der Waals surface area (Å²) in [4.78, 5) is 0. The molecule has 16 heavy (non-hydrogen) atoms. The molecule has 1 aliphatic rings. The zero-order valence-corrected chi connectivity index (χ0v) is 10.1. The number of ether oxygens (including phenoxy) is 1. The van der Waals surface area contributed by atoms with E-state index in [4.69, 9.17) is 16.3 Å². The van der Waals surface area contributed by atoms with Crippen LogP contribution in [0.1, 0.15) is 32.6 Å². The summed E-state index contributed by atoms with van der Waals surface area (Å²) in [5.41, 5.74) is 0. The van der Waals surface area contributed by atoms with Crippen LogP contribution in [0.4, 0.5) is 4.39 Å². The summed E-state index contributed by atoms with van der Waals surface area (Å²) < 4.78 is 18.8. The van der Waals surface area contributed by atoms with Crippen LogP contribution in [0.3, 0.4) is 0 Å². The summed E-state index contributed by atoms with van der Waals surface area (Å²) >= 11 is 5.71. The van der Waals surface area contributed by atoms with E-state index in [9.17, 15) is 4.39 Å². The molecule has 3 heteroatoms. The molecule has 0 spiro atoms. The highest BCUT2D eigenvalue weighted by Crippen LogP contribution is 2.29. The smallest absolute Gasteiger partial charge is 0.142 e. The molecular weight excluding hydrogens is 227 g/mol. The van der Waals surface area contributed by atoms with Crippen LogP contribution in [-0.4, -0.2) is 6.10 Å². The fourth-order valence-electron chi connectivity index (χ4n) is 2.23. The van der Waals surface area contributed by atoms with E-state index in [0.29, 0.717) is 5.75 Å². The van der Waals surface area contributed by atoms with Crippen LogP contribution in [0.2, 0.25) is 5.02 Å². The summed E-state index contributed by atoms with van der Waals surface area (Å²) in [6.07, 6.45) is 4.91. The van der Waals surface area contributed by atoms with E-state index in [0.717, 1.165) is 18.8 Å². The summed E-state index contributed by atoms with van der Waals surface area (Å²) in [5.74, 6) is 0.992. The maximum absolute atomic E-state index is 13.0. The van der Waals surface area contributed by atoms with Crippen LogP contribution < -0.4 is 4.74 Å². The van der Waals surface area contributed by atoms with Gasteiger partial charge in [0.15, 0.2) is 0 Å². The van der Waals surface area contributed by atoms with E-state index in [2.05, 4.69) is 6.92 Å². The lowest BCUT2D eigenvalue weighted by atomic mass is 9.89. The van der Waals surface area contributed by atoms with Crippen LogP contribution in [0.25, 0.3) is 0 Å². The largest absolute Gasteiger partial charge is 0.490 e. The van der Waals surface area contributed by atoms with E-state index in [1.54, 1.807) is 12.1 Å². The van der Waals surface area contributed by atoms with Gasteiger partial charge < -0.3 is 4.74 Å². The van der Waals surface area contributed by atoms with Gasteiger partial charge in [0.25, 0.3) is 0 Å². The van der Waals surface area contributed by atoms with E-state index >= 15 is 0 Å². The molecule has 0 heterocycles. The Morgan fingerprint density at radius 3 is 2.88 bits per heavy atom. The van der Waals surface area contributed by atoms with Crippen molar-refractivity contribution in [3.63, 3.8) is 0 Å². The molecule has 1 nitrogen and oxygen atoms in total. The minimum absolute atomic E-state index is 0.126. The molecule has 1 aromatic carbocycles. The molecule has 2 unspecified atom stereocenters. The number of halogens is 2. The van der Waals surface area contributed by atoms with Gasteiger partial charge in [0, 0.05) is 6.07 Å². The molecule has 2 atom stereocenters. The highest BCUT2D eigenvalue weighted by atomic mass is 35.5. The lowest BCUT2D eigenvalue weighted by molar-refractivity contribution is 0.129. The second kappa shape index (κ2) is 5.05. The molecule has 0 radical (unpaired) electrons. The molecule has 0 saturated heterocycles.